The minimum Gasteiger partial charge on any atom is -0.298 e. The molecule has 0 saturated heterocycles. The van der Waals surface area contributed by atoms with Crippen molar-refractivity contribution in [1.29, 1.82) is 0 Å². The van der Waals surface area contributed by atoms with Gasteiger partial charge >= 0.3 is 0 Å². The molecular formula is C9H13O. The summed E-state index contributed by atoms with van der Waals surface area (Å²) in [5, 5.41) is 0. The van der Waals surface area contributed by atoms with Crippen LogP contribution in [0.3, 0.4) is 0 Å². The van der Waals surface area contributed by atoms with Crippen molar-refractivity contribution in [2.75, 3.05) is 0 Å². The fourth-order valence-corrected chi connectivity index (χ4v) is 1.18. The van der Waals surface area contributed by atoms with Gasteiger partial charge in [0.1, 0.15) is 6.29 Å². The number of aldehydes is 1. The molecule has 1 heteroatoms. The van der Waals surface area contributed by atoms with E-state index >= 15 is 0 Å². The zero-order valence-electron chi connectivity index (χ0n) is 6.50. The molecule has 0 aliphatic heterocycles. The van der Waals surface area contributed by atoms with E-state index in [9.17, 15) is 4.79 Å². The van der Waals surface area contributed by atoms with Gasteiger partial charge in [-0.25, -0.2) is 0 Å². The first-order valence-electron chi connectivity index (χ1n) is 3.73. The maximum atomic E-state index is 10.3. The third-order valence-corrected chi connectivity index (χ3v) is 2.18. The monoisotopic (exact) mass is 137 g/mol. The summed E-state index contributed by atoms with van der Waals surface area (Å²) in [6.45, 7) is 4.33. The van der Waals surface area contributed by atoms with Gasteiger partial charge in [-0.2, -0.15) is 0 Å². The minimum absolute atomic E-state index is 0.536. The van der Waals surface area contributed by atoms with Gasteiger partial charge in [0.15, 0.2) is 0 Å². The van der Waals surface area contributed by atoms with Gasteiger partial charge in [0.2, 0.25) is 0 Å². The number of hydrogen-bond acceptors (Lipinski definition) is 1. The molecule has 0 heterocycles. The van der Waals surface area contributed by atoms with Crippen LogP contribution < -0.4 is 0 Å². The SMILES string of the molecule is CC1[CH]CC(C=O)=CC1C. The fourth-order valence-electron chi connectivity index (χ4n) is 1.18. The first-order valence-corrected chi connectivity index (χ1v) is 3.73. The molecule has 0 aromatic carbocycles. The lowest BCUT2D eigenvalue weighted by Gasteiger charge is -2.21. The van der Waals surface area contributed by atoms with Crippen molar-refractivity contribution < 1.29 is 4.79 Å². The molecule has 1 aliphatic carbocycles. The predicted molar refractivity (Wildman–Crippen MR) is 41.4 cm³/mol. The van der Waals surface area contributed by atoms with Crippen molar-refractivity contribution in [2.45, 2.75) is 20.3 Å². The van der Waals surface area contributed by atoms with E-state index in [1.165, 1.54) is 0 Å². The Morgan fingerprint density at radius 3 is 2.70 bits per heavy atom. The molecule has 0 amide bonds. The molecule has 0 fully saturated rings. The molecule has 55 valence electrons. The highest BCUT2D eigenvalue weighted by Gasteiger charge is 2.16. The summed E-state index contributed by atoms with van der Waals surface area (Å²) >= 11 is 0. The summed E-state index contributed by atoms with van der Waals surface area (Å²) in [5.41, 5.74) is 0.936. The maximum absolute atomic E-state index is 10.3. The lowest BCUT2D eigenvalue weighted by Crippen LogP contribution is -2.12. The van der Waals surface area contributed by atoms with Gasteiger partial charge in [0, 0.05) is 0 Å². The van der Waals surface area contributed by atoms with Gasteiger partial charge in [0.05, 0.1) is 0 Å². The van der Waals surface area contributed by atoms with Crippen molar-refractivity contribution in [3.63, 3.8) is 0 Å². The first kappa shape index (κ1) is 7.52. The molecule has 0 aromatic heterocycles. The van der Waals surface area contributed by atoms with Gasteiger partial charge < -0.3 is 0 Å². The zero-order valence-corrected chi connectivity index (χ0v) is 6.50. The van der Waals surface area contributed by atoms with E-state index in [0.29, 0.717) is 11.8 Å². The minimum atomic E-state index is 0.536. The summed E-state index contributed by atoms with van der Waals surface area (Å²) < 4.78 is 0. The second-order valence-corrected chi connectivity index (χ2v) is 3.02. The molecule has 1 nitrogen and oxygen atoms in total. The quantitative estimate of drug-likeness (QED) is 0.505. The molecule has 1 rings (SSSR count). The highest BCUT2D eigenvalue weighted by atomic mass is 16.1. The molecule has 2 unspecified atom stereocenters. The van der Waals surface area contributed by atoms with Crippen LogP contribution in [0.1, 0.15) is 20.3 Å². The average molecular weight is 137 g/mol. The largest absolute Gasteiger partial charge is 0.298 e. The van der Waals surface area contributed by atoms with E-state index < -0.39 is 0 Å². The van der Waals surface area contributed by atoms with E-state index in [4.69, 9.17) is 0 Å². The molecule has 0 spiro atoms. The molecule has 10 heavy (non-hydrogen) atoms. The molecule has 0 bridgehead atoms. The van der Waals surface area contributed by atoms with Crippen LogP contribution in [-0.2, 0) is 4.79 Å². The van der Waals surface area contributed by atoms with Crippen molar-refractivity contribution in [2.24, 2.45) is 11.8 Å². The lowest BCUT2D eigenvalue weighted by molar-refractivity contribution is -0.105. The van der Waals surface area contributed by atoms with E-state index in [2.05, 4.69) is 26.3 Å². The summed E-state index contributed by atoms with van der Waals surface area (Å²) in [4.78, 5) is 10.3. The maximum Gasteiger partial charge on any atom is 0.145 e. The van der Waals surface area contributed by atoms with Crippen LogP contribution in [0.5, 0.6) is 0 Å². The second kappa shape index (κ2) is 3.00. The Morgan fingerprint density at radius 2 is 2.20 bits per heavy atom. The van der Waals surface area contributed by atoms with Gasteiger partial charge in [-0.3, -0.25) is 4.79 Å². The number of rotatable bonds is 1. The summed E-state index contributed by atoms with van der Waals surface area (Å²) in [6.07, 6.45) is 6.08. The molecular weight excluding hydrogens is 124 g/mol. The highest BCUT2D eigenvalue weighted by molar-refractivity contribution is 5.73. The summed E-state index contributed by atoms with van der Waals surface area (Å²) in [5.74, 6) is 1.16. The normalized spacial score (nSPS) is 33.2. The molecule has 0 aromatic rings. The van der Waals surface area contributed by atoms with Gasteiger partial charge in [0.25, 0.3) is 0 Å². The smallest absolute Gasteiger partial charge is 0.145 e. The summed E-state index contributed by atoms with van der Waals surface area (Å²) in [7, 11) is 0. The Morgan fingerprint density at radius 1 is 1.50 bits per heavy atom. The molecule has 0 N–H and O–H groups in total. The fraction of sp³-hybridized carbons (Fsp3) is 0.556. The van der Waals surface area contributed by atoms with Gasteiger partial charge in [-0.1, -0.05) is 19.9 Å². The Labute approximate surface area is 62.1 Å². The number of carbonyl (C=O) groups excluding carboxylic acids is 1. The van der Waals surface area contributed by atoms with E-state index in [1.807, 2.05) is 0 Å². The van der Waals surface area contributed by atoms with E-state index in [0.717, 1.165) is 18.3 Å². The third kappa shape index (κ3) is 1.47. The van der Waals surface area contributed by atoms with E-state index in [-0.39, 0.29) is 0 Å². The van der Waals surface area contributed by atoms with Crippen molar-refractivity contribution in [3.05, 3.63) is 18.1 Å². The molecule has 1 aliphatic rings. The van der Waals surface area contributed by atoms with Crippen LogP contribution in [0.15, 0.2) is 11.6 Å². The third-order valence-electron chi connectivity index (χ3n) is 2.18. The van der Waals surface area contributed by atoms with Crippen LogP contribution in [0.2, 0.25) is 0 Å². The van der Waals surface area contributed by atoms with Gasteiger partial charge in [-0.15, -0.1) is 0 Å². The van der Waals surface area contributed by atoms with Gasteiger partial charge in [-0.05, 0) is 30.3 Å². The zero-order chi connectivity index (χ0) is 7.56. The van der Waals surface area contributed by atoms with Crippen molar-refractivity contribution in [1.82, 2.24) is 0 Å². The van der Waals surface area contributed by atoms with Crippen LogP contribution in [-0.4, -0.2) is 6.29 Å². The highest BCUT2D eigenvalue weighted by Crippen LogP contribution is 2.25. The standard InChI is InChI=1S/C9H13O/c1-7-3-4-9(6-10)5-8(7)2/h3,5-8H,4H2,1-2H3. The van der Waals surface area contributed by atoms with Crippen LogP contribution in [0.25, 0.3) is 0 Å². The number of allylic oxidation sites excluding steroid dienone is 2. The molecule has 2 atom stereocenters. The number of hydrogen-bond donors (Lipinski definition) is 0. The lowest BCUT2D eigenvalue weighted by atomic mass is 9.83. The topological polar surface area (TPSA) is 17.1 Å². The Bertz CT molecular complexity index is 158. The Balaban J connectivity index is 2.65. The molecule has 1 radical (unpaired) electrons. The molecule has 0 saturated carbocycles. The Kier molecular flexibility index (Phi) is 2.25. The van der Waals surface area contributed by atoms with Crippen molar-refractivity contribution in [3.8, 4) is 0 Å². The summed E-state index contributed by atoms with van der Waals surface area (Å²) in [6, 6.07) is 0. The first-order chi connectivity index (χ1) is 4.74. The number of carbonyl (C=O) groups is 1. The van der Waals surface area contributed by atoms with Crippen LogP contribution >= 0.6 is 0 Å². The predicted octanol–water partition coefficient (Wildman–Crippen LogP) is 1.99. The Hall–Kier alpha value is -0.590. The second-order valence-electron chi connectivity index (χ2n) is 3.02. The van der Waals surface area contributed by atoms with Crippen LogP contribution in [0.4, 0.5) is 0 Å². The average Bonchev–Trinajstić information content (AvgIpc) is 1.95. The van der Waals surface area contributed by atoms with Crippen molar-refractivity contribution >= 4 is 6.29 Å². The van der Waals surface area contributed by atoms with E-state index in [1.54, 1.807) is 0 Å². The van der Waals surface area contributed by atoms with Crippen LogP contribution in [0, 0.1) is 18.3 Å².